The van der Waals surface area contributed by atoms with Crippen LogP contribution in [0.2, 0.25) is 0 Å². The minimum Gasteiger partial charge on any atom is -0.488 e. The summed E-state index contributed by atoms with van der Waals surface area (Å²) in [6.45, 7) is 0.569. The molecule has 0 fully saturated rings. The zero-order valence-electron chi connectivity index (χ0n) is 17.0. The number of nitrogens with zero attached hydrogens (tertiary/aromatic N) is 1. The van der Waals surface area contributed by atoms with Crippen molar-refractivity contribution in [2.75, 3.05) is 7.11 Å². The molecule has 7 nitrogen and oxygen atoms in total. The Bertz CT molecular complexity index is 1160. The van der Waals surface area contributed by atoms with Gasteiger partial charge in [-0.15, -0.1) is 11.3 Å². The van der Waals surface area contributed by atoms with Crippen LogP contribution in [0.1, 0.15) is 34.3 Å². The molecule has 1 aliphatic rings. The number of methoxy groups -OCH3 is 1. The normalized spacial score (nSPS) is 13.8. The quantitative estimate of drug-likeness (QED) is 0.545. The van der Waals surface area contributed by atoms with Crippen molar-refractivity contribution in [1.29, 1.82) is 0 Å². The molecule has 1 unspecified atom stereocenters. The average molecular weight is 439 g/mol. The Kier molecular flexibility index (Phi) is 5.90. The molecule has 1 aliphatic heterocycles. The molecule has 31 heavy (non-hydrogen) atoms. The van der Waals surface area contributed by atoms with Gasteiger partial charge in [-0.05, 0) is 35.4 Å². The van der Waals surface area contributed by atoms with E-state index >= 15 is 0 Å². The third-order valence-electron chi connectivity index (χ3n) is 5.45. The maximum atomic E-state index is 13.0. The monoisotopic (exact) mass is 438 g/mol. The molecule has 0 saturated carbocycles. The fourth-order valence-electron chi connectivity index (χ4n) is 3.82. The molecule has 0 aliphatic carbocycles. The van der Waals surface area contributed by atoms with Gasteiger partial charge < -0.3 is 20.1 Å². The number of rotatable bonds is 8. The van der Waals surface area contributed by atoms with Crippen LogP contribution in [-0.4, -0.2) is 35.8 Å². The Labute approximate surface area is 183 Å². The van der Waals surface area contributed by atoms with Crippen molar-refractivity contribution in [1.82, 2.24) is 4.90 Å². The topological polar surface area (TPSA) is 98.9 Å². The Balaban J connectivity index is 1.53. The summed E-state index contributed by atoms with van der Waals surface area (Å²) in [5.41, 5.74) is 7.82. The molecule has 2 N–H and O–H groups in total. The highest BCUT2D eigenvalue weighted by Gasteiger charge is 2.37. The first-order valence-corrected chi connectivity index (χ1v) is 10.7. The number of carbonyl (C=O) groups excluding carboxylic acids is 3. The molecule has 0 saturated heterocycles. The predicted octanol–water partition coefficient (Wildman–Crippen LogP) is 3.24. The smallest absolute Gasteiger partial charge is 0.305 e. The lowest BCUT2D eigenvalue weighted by Crippen LogP contribution is -2.45. The Morgan fingerprint density at radius 3 is 2.77 bits per heavy atom. The molecule has 8 heteroatoms. The molecule has 0 radical (unpaired) electrons. The molecule has 160 valence electrons. The van der Waals surface area contributed by atoms with Crippen LogP contribution in [0.4, 0.5) is 0 Å². The maximum absolute atomic E-state index is 13.0. The van der Waals surface area contributed by atoms with Crippen molar-refractivity contribution in [3.63, 3.8) is 0 Å². The number of amides is 2. The van der Waals surface area contributed by atoms with E-state index in [1.165, 1.54) is 16.7 Å². The number of nitrogens with two attached hydrogens (primary N) is 1. The SMILES string of the molecule is COC(=O)CCC(C(N)=O)N1Cc2c(OCc3csc4ccccc34)cccc2C1=O. The van der Waals surface area contributed by atoms with Crippen molar-refractivity contribution in [2.45, 2.75) is 32.0 Å². The highest BCUT2D eigenvalue weighted by atomic mass is 32.1. The summed E-state index contributed by atoms with van der Waals surface area (Å²) in [4.78, 5) is 37.9. The second kappa shape index (κ2) is 8.77. The van der Waals surface area contributed by atoms with E-state index in [0.29, 0.717) is 17.9 Å². The Morgan fingerprint density at radius 1 is 1.19 bits per heavy atom. The number of carbonyl (C=O) groups is 3. The van der Waals surface area contributed by atoms with Gasteiger partial charge >= 0.3 is 5.97 Å². The number of thiophene rings is 1. The van der Waals surface area contributed by atoms with Crippen molar-refractivity contribution in [3.8, 4) is 5.75 Å². The second-order valence-corrected chi connectivity index (χ2v) is 8.21. The first kappa shape index (κ1) is 20.9. The maximum Gasteiger partial charge on any atom is 0.305 e. The number of hydrogen-bond donors (Lipinski definition) is 1. The summed E-state index contributed by atoms with van der Waals surface area (Å²) in [6.07, 6.45) is 0.109. The van der Waals surface area contributed by atoms with E-state index in [0.717, 1.165) is 16.5 Å². The summed E-state index contributed by atoms with van der Waals surface area (Å²) < 4.78 is 11.9. The number of benzene rings is 2. The third kappa shape index (κ3) is 4.11. The van der Waals surface area contributed by atoms with Gasteiger partial charge in [-0.2, -0.15) is 0 Å². The molecule has 2 aromatic carbocycles. The Morgan fingerprint density at radius 2 is 2.00 bits per heavy atom. The van der Waals surface area contributed by atoms with Crippen LogP contribution in [0.3, 0.4) is 0 Å². The van der Waals surface area contributed by atoms with E-state index in [1.807, 2.05) is 18.2 Å². The van der Waals surface area contributed by atoms with Crippen LogP contribution >= 0.6 is 11.3 Å². The van der Waals surface area contributed by atoms with Crippen LogP contribution in [0, 0.1) is 0 Å². The number of hydrogen-bond acceptors (Lipinski definition) is 6. The molecule has 0 bridgehead atoms. The fourth-order valence-corrected chi connectivity index (χ4v) is 4.77. The summed E-state index contributed by atoms with van der Waals surface area (Å²) in [7, 11) is 1.28. The first-order chi connectivity index (χ1) is 15.0. The largest absolute Gasteiger partial charge is 0.488 e. The highest BCUT2D eigenvalue weighted by molar-refractivity contribution is 7.17. The second-order valence-electron chi connectivity index (χ2n) is 7.29. The molecular weight excluding hydrogens is 416 g/mol. The molecular formula is C23H22N2O5S. The summed E-state index contributed by atoms with van der Waals surface area (Å²) >= 11 is 1.66. The van der Waals surface area contributed by atoms with Gasteiger partial charge in [-0.25, -0.2) is 0 Å². The van der Waals surface area contributed by atoms with Gasteiger partial charge in [0.2, 0.25) is 5.91 Å². The van der Waals surface area contributed by atoms with Crippen LogP contribution in [-0.2, 0) is 27.5 Å². The summed E-state index contributed by atoms with van der Waals surface area (Å²) in [5.74, 6) is -0.811. The molecule has 4 rings (SSSR count). The van der Waals surface area contributed by atoms with Gasteiger partial charge in [0.05, 0.1) is 13.7 Å². The van der Waals surface area contributed by atoms with Crippen LogP contribution in [0.25, 0.3) is 10.1 Å². The van der Waals surface area contributed by atoms with Crippen LogP contribution < -0.4 is 10.5 Å². The number of primary amides is 1. The third-order valence-corrected chi connectivity index (χ3v) is 6.46. The molecule has 1 aromatic heterocycles. The van der Waals surface area contributed by atoms with Gasteiger partial charge in [0.25, 0.3) is 5.91 Å². The van der Waals surface area contributed by atoms with Crippen molar-refractivity contribution in [2.24, 2.45) is 5.73 Å². The molecule has 2 amide bonds. The van der Waals surface area contributed by atoms with E-state index in [1.54, 1.807) is 23.5 Å². The predicted molar refractivity (Wildman–Crippen MR) is 117 cm³/mol. The van der Waals surface area contributed by atoms with Gasteiger partial charge in [0.1, 0.15) is 18.4 Å². The zero-order valence-corrected chi connectivity index (χ0v) is 17.8. The lowest BCUT2D eigenvalue weighted by atomic mass is 10.1. The molecule has 3 aromatic rings. The van der Waals surface area contributed by atoms with Crippen molar-refractivity contribution >= 4 is 39.2 Å². The average Bonchev–Trinajstić information content (AvgIpc) is 3.34. The van der Waals surface area contributed by atoms with E-state index in [9.17, 15) is 14.4 Å². The lowest BCUT2D eigenvalue weighted by Gasteiger charge is -2.24. The molecule has 0 spiro atoms. The van der Waals surface area contributed by atoms with E-state index in [4.69, 9.17) is 10.5 Å². The summed E-state index contributed by atoms with van der Waals surface area (Å²) in [5, 5.41) is 3.22. The van der Waals surface area contributed by atoms with Gasteiger partial charge in [0.15, 0.2) is 0 Å². The van der Waals surface area contributed by atoms with Gasteiger partial charge in [-0.3, -0.25) is 14.4 Å². The van der Waals surface area contributed by atoms with E-state index in [2.05, 4.69) is 22.2 Å². The van der Waals surface area contributed by atoms with Gasteiger partial charge in [-0.1, -0.05) is 24.3 Å². The number of esters is 1. The summed E-state index contributed by atoms with van der Waals surface area (Å²) in [6, 6.07) is 12.5. The molecule has 2 heterocycles. The van der Waals surface area contributed by atoms with Crippen molar-refractivity contribution in [3.05, 3.63) is 64.5 Å². The number of ether oxygens (including phenoxy) is 2. The van der Waals surface area contributed by atoms with E-state index in [-0.39, 0.29) is 25.3 Å². The first-order valence-electron chi connectivity index (χ1n) is 9.86. The van der Waals surface area contributed by atoms with Crippen LogP contribution in [0.5, 0.6) is 5.75 Å². The van der Waals surface area contributed by atoms with Crippen molar-refractivity contribution < 1.29 is 23.9 Å². The molecule has 1 atom stereocenters. The minimum absolute atomic E-state index is 0.00117. The zero-order chi connectivity index (χ0) is 22.0. The number of fused-ring (bicyclic) bond motifs is 2. The highest BCUT2D eigenvalue weighted by Crippen LogP contribution is 2.34. The lowest BCUT2D eigenvalue weighted by molar-refractivity contribution is -0.141. The minimum atomic E-state index is -0.896. The van der Waals surface area contributed by atoms with E-state index < -0.39 is 17.9 Å². The standard InChI is InChI=1S/C23H22N2O5S/c1-29-21(26)10-9-18(22(24)27)25-11-17-16(23(25)28)6-4-7-19(17)30-12-14-13-31-20-8-3-2-5-15(14)20/h2-8,13,18H,9-12H2,1H3,(H2,24,27). The fraction of sp³-hybridized carbons (Fsp3) is 0.261. The van der Waals surface area contributed by atoms with Crippen LogP contribution in [0.15, 0.2) is 47.8 Å². The Hall–Kier alpha value is -3.39. The van der Waals surface area contributed by atoms with Gasteiger partial charge in [0, 0.05) is 27.8 Å².